The van der Waals surface area contributed by atoms with Crippen LogP contribution in [0, 0.1) is 5.92 Å². The molecule has 0 aromatic carbocycles. The van der Waals surface area contributed by atoms with Crippen molar-refractivity contribution in [3.8, 4) is 0 Å². The summed E-state index contributed by atoms with van der Waals surface area (Å²) in [4.78, 5) is 46.9. The Morgan fingerprint density at radius 3 is 2.20 bits per heavy atom. The summed E-state index contributed by atoms with van der Waals surface area (Å²) in [5.74, 6) is -2.78. The van der Waals surface area contributed by atoms with Crippen LogP contribution in [-0.4, -0.2) is 72.5 Å². The second-order valence-corrected chi connectivity index (χ2v) is 4.39. The molecule has 4 amide bonds. The zero-order valence-corrected chi connectivity index (χ0v) is 11.8. The molecule has 0 bridgehead atoms. The number of rotatable bonds is 7. The van der Waals surface area contributed by atoms with Gasteiger partial charge in [0.25, 0.3) is 0 Å². The molecule has 0 aromatic rings. The number of nitrogens with zero attached hydrogens (tertiary/aromatic N) is 2. The fourth-order valence-electron chi connectivity index (χ4n) is 1.60. The minimum absolute atomic E-state index is 0.0907. The van der Waals surface area contributed by atoms with Gasteiger partial charge >= 0.3 is 12.0 Å². The van der Waals surface area contributed by atoms with Gasteiger partial charge in [-0.2, -0.15) is 0 Å². The lowest BCUT2D eigenvalue weighted by atomic mass is 10.1. The lowest BCUT2D eigenvalue weighted by Crippen LogP contribution is -2.49. The SMILES string of the molecule is CNC(=O)C(C)CN(C)C(=O)N(CC(N)=O)CC(=O)O. The summed E-state index contributed by atoms with van der Waals surface area (Å²) in [6.45, 7) is 0.579. The number of hydrogen-bond acceptors (Lipinski definition) is 4. The highest BCUT2D eigenvalue weighted by atomic mass is 16.4. The molecule has 1 atom stereocenters. The fraction of sp³-hybridized carbons (Fsp3) is 0.636. The molecule has 0 saturated heterocycles. The first-order valence-corrected chi connectivity index (χ1v) is 5.90. The van der Waals surface area contributed by atoms with Crippen LogP contribution in [0.15, 0.2) is 0 Å². The maximum Gasteiger partial charge on any atom is 0.323 e. The number of carbonyl (C=O) groups excluding carboxylic acids is 3. The molecule has 9 heteroatoms. The number of hydrogen-bond donors (Lipinski definition) is 3. The first-order valence-electron chi connectivity index (χ1n) is 5.90. The first-order chi connectivity index (χ1) is 9.18. The first kappa shape index (κ1) is 17.7. The van der Waals surface area contributed by atoms with Gasteiger partial charge in [-0.3, -0.25) is 14.4 Å². The Bertz CT molecular complexity index is 382. The second kappa shape index (κ2) is 7.97. The van der Waals surface area contributed by atoms with Crippen molar-refractivity contribution in [1.29, 1.82) is 0 Å². The molecule has 0 aliphatic heterocycles. The molecule has 0 fully saturated rings. The number of aliphatic carboxylic acids is 1. The van der Waals surface area contributed by atoms with Crippen LogP contribution < -0.4 is 11.1 Å². The molecule has 4 N–H and O–H groups in total. The van der Waals surface area contributed by atoms with Crippen molar-refractivity contribution in [2.45, 2.75) is 6.92 Å². The highest BCUT2D eigenvalue weighted by molar-refractivity contribution is 5.86. The zero-order valence-electron chi connectivity index (χ0n) is 11.8. The Labute approximate surface area is 116 Å². The molecule has 0 aliphatic rings. The maximum absolute atomic E-state index is 12.0. The minimum atomic E-state index is -1.26. The number of urea groups is 1. The van der Waals surface area contributed by atoms with Gasteiger partial charge in [0.2, 0.25) is 11.8 Å². The molecular weight excluding hydrogens is 268 g/mol. The number of nitrogens with two attached hydrogens (primary N) is 1. The van der Waals surface area contributed by atoms with Crippen LogP contribution in [0.3, 0.4) is 0 Å². The van der Waals surface area contributed by atoms with Crippen LogP contribution in [0.5, 0.6) is 0 Å². The van der Waals surface area contributed by atoms with Gasteiger partial charge in [0.05, 0.1) is 5.92 Å². The monoisotopic (exact) mass is 288 g/mol. The highest BCUT2D eigenvalue weighted by Gasteiger charge is 2.24. The number of nitrogens with one attached hydrogen (secondary N) is 1. The highest BCUT2D eigenvalue weighted by Crippen LogP contribution is 2.03. The molecule has 0 saturated carbocycles. The number of carboxylic acids is 1. The van der Waals surface area contributed by atoms with Crippen molar-refractivity contribution in [2.75, 3.05) is 33.7 Å². The average Bonchev–Trinajstić information content (AvgIpc) is 2.34. The summed E-state index contributed by atoms with van der Waals surface area (Å²) in [6.07, 6.45) is 0. The van der Waals surface area contributed by atoms with Crippen molar-refractivity contribution < 1.29 is 24.3 Å². The van der Waals surface area contributed by atoms with Crippen LogP contribution >= 0.6 is 0 Å². The van der Waals surface area contributed by atoms with E-state index in [-0.39, 0.29) is 12.5 Å². The average molecular weight is 288 g/mol. The second-order valence-electron chi connectivity index (χ2n) is 4.39. The summed E-state index contributed by atoms with van der Waals surface area (Å²) in [6, 6.07) is -0.679. The molecule has 0 heterocycles. The third-order valence-electron chi connectivity index (χ3n) is 2.51. The van der Waals surface area contributed by atoms with Gasteiger partial charge in [-0.25, -0.2) is 4.79 Å². The molecule has 0 aliphatic carbocycles. The van der Waals surface area contributed by atoms with E-state index in [1.807, 2.05) is 0 Å². The molecule has 20 heavy (non-hydrogen) atoms. The Hall–Kier alpha value is -2.32. The predicted octanol–water partition coefficient (Wildman–Crippen LogP) is -1.71. The molecular formula is C11H20N4O5. The van der Waals surface area contributed by atoms with Crippen LogP contribution in [0.25, 0.3) is 0 Å². The third kappa shape index (κ3) is 6.03. The van der Waals surface area contributed by atoms with Gasteiger partial charge in [-0.15, -0.1) is 0 Å². The quantitative estimate of drug-likeness (QED) is 0.513. The smallest absolute Gasteiger partial charge is 0.323 e. The third-order valence-corrected chi connectivity index (χ3v) is 2.51. The molecule has 1 unspecified atom stereocenters. The summed E-state index contributed by atoms with van der Waals surface area (Å²) in [7, 11) is 2.89. The van der Waals surface area contributed by atoms with Crippen molar-refractivity contribution in [3.63, 3.8) is 0 Å². The normalized spacial score (nSPS) is 11.3. The minimum Gasteiger partial charge on any atom is -0.480 e. The van der Waals surface area contributed by atoms with Gasteiger partial charge in [-0.1, -0.05) is 6.92 Å². The van der Waals surface area contributed by atoms with E-state index in [0.29, 0.717) is 0 Å². The van der Waals surface area contributed by atoms with Crippen LogP contribution in [0.2, 0.25) is 0 Å². The summed E-state index contributed by atoms with van der Waals surface area (Å²) < 4.78 is 0. The van der Waals surface area contributed by atoms with E-state index in [4.69, 9.17) is 10.8 Å². The molecule has 0 rings (SSSR count). The van der Waals surface area contributed by atoms with Crippen LogP contribution in [-0.2, 0) is 14.4 Å². The zero-order chi connectivity index (χ0) is 15.9. The van der Waals surface area contributed by atoms with E-state index in [9.17, 15) is 19.2 Å². The lowest BCUT2D eigenvalue weighted by molar-refractivity contribution is -0.138. The summed E-state index contributed by atoms with van der Waals surface area (Å²) in [5, 5.41) is 11.2. The Morgan fingerprint density at radius 1 is 1.25 bits per heavy atom. The van der Waals surface area contributed by atoms with Crippen molar-refractivity contribution in [1.82, 2.24) is 15.1 Å². The fourth-order valence-corrected chi connectivity index (χ4v) is 1.60. The van der Waals surface area contributed by atoms with Gasteiger partial charge in [0.15, 0.2) is 0 Å². The predicted molar refractivity (Wildman–Crippen MR) is 69.7 cm³/mol. The van der Waals surface area contributed by atoms with E-state index in [0.717, 1.165) is 4.90 Å². The molecule has 0 spiro atoms. The van der Waals surface area contributed by atoms with E-state index in [1.165, 1.54) is 19.0 Å². The van der Waals surface area contributed by atoms with Crippen LogP contribution in [0.4, 0.5) is 4.79 Å². The number of primary amides is 1. The van der Waals surface area contributed by atoms with Crippen LogP contribution in [0.1, 0.15) is 6.92 Å². The molecule has 0 radical (unpaired) electrons. The van der Waals surface area contributed by atoms with Gasteiger partial charge in [0.1, 0.15) is 13.1 Å². The summed E-state index contributed by atoms with van der Waals surface area (Å²) in [5.41, 5.74) is 4.97. The van der Waals surface area contributed by atoms with Gasteiger partial charge < -0.3 is 26.0 Å². The maximum atomic E-state index is 12.0. The van der Waals surface area contributed by atoms with E-state index >= 15 is 0 Å². The Morgan fingerprint density at radius 2 is 1.80 bits per heavy atom. The Balaban J connectivity index is 4.74. The standard InChI is InChI=1S/C11H20N4O5/c1-7(10(19)13-2)4-14(3)11(20)15(5-8(12)16)6-9(17)18/h7H,4-6H2,1-3H3,(H2,12,16)(H,13,19)(H,17,18). The molecule has 114 valence electrons. The molecule has 9 nitrogen and oxygen atoms in total. The lowest BCUT2D eigenvalue weighted by Gasteiger charge is -2.27. The van der Waals surface area contributed by atoms with Gasteiger partial charge in [-0.05, 0) is 0 Å². The van der Waals surface area contributed by atoms with Crippen molar-refractivity contribution in [3.05, 3.63) is 0 Å². The van der Waals surface area contributed by atoms with Crippen molar-refractivity contribution >= 4 is 23.8 Å². The van der Waals surface area contributed by atoms with Crippen molar-refractivity contribution in [2.24, 2.45) is 11.7 Å². The summed E-state index contributed by atoms with van der Waals surface area (Å²) >= 11 is 0. The van der Waals surface area contributed by atoms with E-state index < -0.39 is 36.9 Å². The number of amides is 4. The Kier molecular flexibility index (Phi) is 7.05. The number of carbonyl (C=O) groups is 4. The topological polar surface area (TPSA) is 133 Å². The van der Waals surface area contributed by atoms with E-state index in [1.54, 1.807) is 6.92 Å². The van der Waals surface area contributed by atoms with Gasteiger partial charge in [0, 0.05) is 20.6 Å². The number of carboxylic acid groups (broad SMARTS) is 1. The van der Waals surface area contributed by atoms with E-state index in [2.05, 4.69) is 5.32 Å². The molecule has 0 aromatic heterocycles. The largest absolute Gasteiger partial charge is 0.480 e.